The molecule has 1 aliphatic rings. The number of aromatic carboxylic acids is 1. The number of carbonyl (C=O) groups is 1. The number of benzene rings is 1. The van der Waals surface area contributed by atoms with Crippen molar-refractivity contribution in [2.75, 3.05) is 31.1 Å². The number of pyridine rings is 1. The van der Waals surface area contributed by atoms with Gasteiger partial charge in [0.2, 0.25) is 0 Å². The summed E-state index contributed by atoms with van der Waals surface area (Å²) in [5, 5.41) is 9.06. The second-order valence-corrected chi connectivity index (χ2v) is 5.92. The fourth-order valence-corrected chi connectivity index (χ4v) is 3.05. The Morgan fingerprint density at radius 3 is 2.58 bits per heavy atom. The molecule has 0 aliphatic carbocycles. The molecule has 1 fully saturated rings. The van der Waals surface area contributed by atoms with Gasteiger partial charge in [0.15, 0.2) is 0 Å². The fourth-order valence-electron chi connectivity index (χ4n) is 3.05. The second-order valence-electron chi connectivity index (χ2n) is 5.92. The van der Waals surface area contributed by atoms with E-state index in [1.54, 1.807) is 12.3 Å². The first kappa shape index (κ1) is 16.4. The monoisotopic (exact) mass is 329 g/mol. The van der Waals surface area contributed by atoms with Crippen molar-refractivity contribution in [2.24, 2.45) is 0 Å². The summed E-state index contributed by atoms with van der Waals surface area (Å²) in [4.78, 5) is 19.9. The van der Waals surface area contributed by atoms with Crippen LogP contribution in [-0.4, -0.2) is 47.1 Å². The summed E-state index contributed by atoms with van der Waals surface area (Å²) in [5.74, 6) is -1.94. The number of halogens is 1. The molecule has 1 unspecified atom stereocenters. The van der Waals surface area contributed by atoms with E-state index >= 15 is 0 Å². The van der Waals surface area contributed by atoms with Gasteiger partial charge in [-0.1, -0.05) is 6.07 Å². The quantitative estimate of drug-likeness (QED) is 0.935. The second kappa shape index (κ2) is 6.97. The van der Waals surface area contributed by atoms with E-state index in [0.29, 0.717) is 0 Å². The van der Waals surface area contributed by atoms with Crippen LogP contribution in [0.4, 0.5) is 10.1 Å². The normalized spacial score (nSPS) is 16.8. The van der Waals surface area contributed by atoms with Gasteiger partial charge >= 0.3 is 5.97 Å². The molecule has 24 heavy (non-hydrogen) atoms. The molecule has 1 aliphatic heterocycles. The predicted octanol–water partition coefficient (Wildman–Crippen LogP) is 2.80. The van der Waals surface area contributed by atoms with Crippen LogP contribution in [0.5, 0.6) is 0 Å². The Labute approximate surface area is 140 Å². The molecular formula is C18H20FN3O2. The van der Waals surface area contributed by atoms with E-state index in [2.05, 4.69) is 21.7 Å². The van der Waals surface area contributed by atoms with E-state index in [1.807, 2.05) is 18.2 Å². The molecule has 1 saturated heterocycles. The molecule has 1 N–H and O–H groups in total. The Kier molecular flexibility index (Phi) is 4.76. The highest BCUT2D eigenvalue weighted by Gasteiger charge is 2.23. The lowest BCUT2D eigenvalue weighted by molar-refractivity contribution is 0.0692. The maximum absolute atomic E-state index is 13.5. The van der Waals surface area contributed by atoms with Gasteiger partial charge in [0, 0.05) is 44.1 Å². The molecule has 0 bridgehead atoms. The highest BCUT2D eigenvalue weighted by Crippen LogP contribution is 2.24. The molecule has 1 atom stereocenters. The van der Waals surface area contributed by atoms with Crippen molar-refractivity contribution >= 4 is 11.7 Å². The van der Waals surface area contributed by atoms with Crippen molar-refractivity contribution < 1.29 is 14.3 Å². The van der Waals surface area contributed by atoms with Crippen LogP contribution in [0.15, 0.2) is 42.6 Å². The Bertz CT molecular complexity index is 715. The molecule has 6 heteroatoms. The summed E-state index contributed by atoms with van der Waals surface area (Å²) in [6.45, 7) is 5.36. The van der Waals surface area contributed by atoms with Gasteiger partial charge in [0.05, 0.1) is 11.3 Å². The first-order chi connectivity index (χ1) is 11.6. The summed E-state index contributed by atoms with van der Waals surface area (Å²) in [5.41, 5.74) is 1.51. The van der Waals surface area contributed by atoms with Gasteiger partial charge in [0.25, 0.3) is 0 Å². The van der Waals surface area contributed by atoms with Crippen molar-refractivity contribution in [3.05, 3.63) is 59.7 Å². The third-order valence-corrected chi connectivity index (χ3v) is 4.52. The zero-order valence-electron chi connectivity index (χ0n) is 13.5. The summed E-state index contributed by atoms with van der Waals surface area (Å²) < 4.78 is 13.5. The summed E-state index contributed by atoms with van der Waals surface area (Å²) in [6, 6.07) is 10.4. The lowest BCUT2D eigenvalue weighted by atomic mass is 10.1. The van der Waals surface area contributed by atoms with Gasteiger partial charge in [-0.25, -0.2) is 9.18 Å². The summed E-state index contributed by atoms with van der Waals surface area (Å²) in [6.07, 6.45) is 1.80. The SMILES string of the molecule is CC(c1ccccn1)N1CCN(c2ccc(F)c(C(=O)O)c2)CC1. The lowest BCUT2D eigenvalue weighted by Gasteiger charge is -2.39. The molecule has 126 valence electrons. The number of nitrogens with zero attached hydrogens (tertiary/aromatic N) is 3. The van der Waals surface area contributed by atoms with E-state index in [9.17, 15) is 9.18 Å². The van der Waals surface area contributed by atoms with Gasteiger partial charge < -0.3 is 10.0 Å². The number of hydrogen-bond acceptors (Lipinski definition) is 4. The molecule has 1 aromatic carbocycles. The number of hydrogen-bond donors (Lipinski definition) is 1. The van der Waals surface area contributed by atoms with Crippen molar-refractivity contribution in [1.29, 1.82) is 0 Å². The van der Waals surface area contributed by atoms with E-state index in [4.69, 9.17) is 5.11 Å². The van der Waals surface area contributed by atoms with Crippen molar-refractivity contribution in [3.8, 4) is 0 Å². The maximum atomic E-state index is 13.5. The molecule has 1 aromatic heterocycles. The van der Waals surface area contributed by atoms with Crippen LogP contribution in [0.2, 0.25) is 0 Å². The van der Waals surface area contributed by atoms with Crippen LogP contribution >= 0.6 is 0 Å². The number of aromatic nitrogens is 1. The molecule has 3 rings (SSSR count). The Hall–Kier alpha value is -2.47. The minimum atomic E-state index is -1.24. The fraction of sp³-hybridized carbons (Fsp3) is 0.333. The number of anilines is 1. The van der Waals surface area contributed by atoms with Gasteiger partial charge in [0.1, 0.15) is 5.82 Å². The average Bonchev–Trinajstić information content (AvgIpc) is 2.62. The van der Waals surface area contributed by atoms with Crippen molar-refractivity contribution in [3.63, 3.8) is 0 Å². The minimum absolute atomic E-state index is 0.233. The molecule has 2 heterocycles. The smallest absolute Gasteiger partial charge is 0.338 e. The molecule has 0 saturated carbocycles. The van der Waals surface area contributed by atoms with Crippen LogP contribution in [0, 0.1) is 5.82 Å². The molecule has 2 aromatic rings. The largest absolute Gasteiger partial charge is 0.478 e. The molecule has 0 radical (unpaired) electrons. The number of rotatable bonds is 4. The summed E-state index contributed by atoms with van der Waals surface area (Å²) >= 11 is 0. The molecule has 0 spiro atoms. The van der Waals surface area contributed by atoms with Crippen molar-refractivity contribution in [2.45, 2.75) is 13.0 Å². The van der Waals surface area contributed by atoms with Crippen molar-refractivity contribution in [1.82, 2.24) is 9.88 Å². The first-order valence-corrected chi connectivity index (χ1v) is 7.99. The maximum Gasteiger partial charge on any atom is 0.338 e. The summed E-state index contributed by atoms with van der Waals surface area (Å²) in [7, 11) is 0. The Morgan fingerprint density at radius 1 is 1.21 bits per heavy atom. The number of piperazine rings is 1. The number of carboxylic acid groups (broad SMARTS) is 1. The standard InChI is InChI=1S/C18H20FN3O2/c1-13(17-4-2-3-7-20-17)21-8-10-22(11-9-21)14-5-6-16(19)15(12-14)18(23)24/h2-7,12-13H,8-11H2,1H3,(H,23,24). The van der Waals surface area contributed by atoms with Gasteiger partial charge in [-0.3, -0.25) is 9.88 Å². The van der Waals surface area contributed by atoms with Crippen LogP contribution < -0.4 is 4.90 Å². The molecular weight excluding hydrogens is 309 g/mol. The Morgan fingerprint density at radius 2 is 1.96 bits per heavy atom. The third kappa shape index (κ3) is 3.38. The van der Waals surface area contributed by atoms with Crippen LogP contribution in [0.25, 0.3) is 0 Å². The van der Waals surface area contributed by atoms with Gasteiger partial charge in [-0.05, 0) is 37.3 Å². The molecule has 5 nitrogen and oxygen atoms in total. The van der Waals surface area contributed by atoms with E-state index in [0.717, 1.165) is 37.6 Å². The molecule has 0 amide bonds. The van der Waals surface area contributed by atoms with Gasteiger partial charge in [-0.2, -0.15) is 0 Å². The van der Waals surface area contributed by atoms with Crippen LogP contribution in [0.1, 0.15) is 29.0 Å². The van der Waals surface area contributed by atoms with Gasteiger partial charge in [-0.15, -0.1) is 0 Å². The highest BCUT2D eigenvalue weighted by atomic mass is 19.1. The van der Waals surface area contributed by atoms with Crippen LogP contribution in [-0.2, 0) is 0 Å². The average molecular weight is 329 g/mol. The predicted molar refractivity (Wildman–Crippen MR) is 89.8 cm³/mol. The van der Waals surface area contributed by atoms with E-state index in [-0.39, 0.29) is 11.6 Å². The minimum Gasteiger partial charge on any atom is -0.478 e. The van der Waals surface area contributed by atoms with E-state index < -0.39 is 11.8 Å². The lowest BCUT2D eigenvalue weighted by Crippen LogP contribution is -2.47. The highest BCUT2D eigenvalue weighted by molar-refractivity contribution is 5.89. The zero-order valence-corrected chi connectivity index (χ0v) is 13.5. The van der Waals surface area contributed by atoms with E-state index in [1.165, 1.54) is 12.1 Å². The zero-order chi connectivity index (χ0) is 17.1. The van der Waals surface area contributed by atoms with Crippen LogP contribution in [0.3, 0.4) is 0 Å². The number of carboxylic acids is 1. The third-order valence-electron chi connectivity index (χ3n) is 4.52. The first-order valence-electron chi connectivity index (χ1n) is 7.99. The Balaban J connectivity index is 1.67. The topological polar surface area (TPSA) is 56.7 Å².